The number of likely N-dealkylation sites (N-methyl/N-ethyl adjacent to an activating group) is 1. The normalized spacial score (nSPS) is 26.8. The van der Waals surface area contributed by atoms with Crippen LogP contribution in [0.1, 0.15) is 6.42 Å². The van der Waals surface area contributed by atoms with Crippen LogP contribution in [0.2, 0.25) is 0 Å². The van der Waals surface area contributed by atoms with E-state index in [1.807, 2.05) is 0 Å². The number of carbonyl (C=O) groups is 1. The molecule has 0 radical (unpaired) electrons. The summed E-state index contributed by atoms with van der Waals surface area (Å²) >= 11 is 0. The number of amides is 1. The molecule has 4 heteroatoms. The van der Waals surface area contributed by atoms with Crippen molar-refractivity contribution in [3.05, 3.63) is 0 Å². The molecule has 0 spiro atoms. The van der Waals surface area contributed by atoms with Gasteiger partial charge in [0.05, 0.1) is 13.2 Å². The number of nitrogens with zero attached hydrogens (tertiary/aromatic N) is 1. The second-order valence-corrected chi connectivity index (χ2v) is 3.32. The Balaban J connectivity index is 2.61. The van der Waals surface area contributed by atoms with Crippen LogP contribution < -0.4 is 5.73 Å². The van der Waals surface area contributed by atoms with E-state index in [-0.39, 0.29) is 12.5 Å². The Morgan fingerprint density at radius 2 is 2.54 bits per heavy atom. The molecule has 0 bridgehead atoms. The second-order valence-electron chi connectivity index (χ2n) is 3.32. The molecule has 1 aliphatic rings. The van der Waals surface area contributed by atoms with Crippen LogP contribution in [-0.2, 0) is 9.53 Å². The first-order chi connectivity index (χ1) is 6.10. The number of carbonyl (C=O) groups excluding carboxylic acids is 1. The van der Waals surface area contributed by atoms with Crippen molar-refractivity contribution in [3.8, 4) is 12.3 Å². The van der Waals surface area contributed by atoms with Gasteiger partial charge in [-0.3, -0.25) is 4.79 Å². The van der Waals surface area contributed by atoms with Gasteiger partial charge in [-0.1, -0.05) is 5.92 Å². The van der Waals surface area contributed by atoms with Crippen LogP contribution in [0.3, 0.4) is 0 Å². The van der Waals surface area contributed by atoms with Gasteiger partial charge in [0, 0.05) is 13.7 Å². The minimum atomic E-state index is -0.856. The third-order valence-electron chi connectivity index (χ3n) is 2.15. The third-order valence-corrected chi connectivity index (χ3v) is 2.15. The summed E-state index contributed by atoms with van der Waals surface area (Å²) in [6, 6.07) is 0. The number of hydrogen-bond donors (Lipinski definition) is 1. The lowest BCUT2D eigenvalue weighted by Crippen LogP contribution is -2.55. The van der Waals surface area contributed by atoms with Gasteiger partial charge in [0.25, 0.3) is 0 Å². The average Bonchev–Trinajstić information content (AvgIpc) is 2.52. The van der Waals surface area contributed by atoms with E-state index in [2.05, 4.69) is 5.92 Å². The fourth-order valence-corrected chi connectivity index (χ4v) is 1.34. The van der Waals surface area contributed by atoms with Gasteiger partial charge in [0.2, 0.25) is 5.91 Å². The summed E-state index contributed by atoms with van der Waals surface area (Å²) < 4.78 is 5.09. The van der Waals surface area contributed by atoms with Crippen LogP contribution in [-0.4, -0.2) is 43.2 Å². The lowest BCUT2D eigenvalue weighted by molar-refractivity contribution is -0.135. The average molecular weight is 182 g/mol. The van der Waals surface area contributed by atoms with Gasteiger partial charge < -0.3 is 15.4 Å². The largest absolute Gasteiger partial charge is 0.379 e. The quantitative estimate of drug-likeness (QED) is 0.569. The van der Waals surface area contributed by atoms with Crippen molar-refractivity contribution < 1.29 is 9.53 Å². The van der Waals surface area contributed by atoms with Gasteiger partial charge in [-0.05, 0) is 6.42 Å². The molecule has 1 atom stereocenters. The van der Waals surface area contributed by atoms with Crippen molar-refractivity contribution in [1.29, 1.82) is 0 Å². The van der Waals surface area contributed by atoms with E-state index in [9.17, 15) is 4.79 Å². The standard InChI is InChI=1S/C9H14N2O2/c1-3-5-11(2)8(12)9(10)4-6-13-7-9/h1H,4-7,10H2,2H3. The molecule has 0 aromatic heterocycles. The predicted octanol–water partition coefficient (Wildman–Crippen LogP) is -0.804. The maximum absolute atomic E-state index is 11.7. The Morgan fingerprint density at radius 3 is 3.00 bits per heavy atom. The van der Waals surface area contributed by atoms with Gasteiger partial charge in [0.1, 0.15) is 5.54 Å². The summed E-state index contributed by atoms with van der Waals surface area (Å²) in [6.07, 6.45) is 5.66. The maximum atomic E-state index is 11.7. The lowest BCUT2D eigenvalue weighted by Gasteiger charge is -2.25. The Morgan fingerprint density at radius 1 is 1.85 bits per heavy atom. The van der Waals surface area contributed by atoms with E-state index in [1.54, 1.807) is 7.05 Å². The molecule has 13 heavy (non-hydrogen) atoms. The van der Waals surface area contributed by atoms with Crippen molar-refractivity contribution in [1.82, 2.24) is 4.90 Å². The molecule has 1 heterocycles. The summed E-state index contributed by atoms with van der Waals surface area (Å²) in [5.41, 5.74) is 4.99. The zero-order chi connectivity index (χ0) is 9.90. The zero-order valence-electron chi connectivity index (χ0n) is 7.75. The first kappa shape index (κ1) is 10.0. The molecule has 0 saturated carbocycles. The van der Waals surface area contributed by atoms with E-state index in [0.29, 0.717) is 19.6 Å². The van der Waals surface area contributed by atoms with Crippen molar-refractivity contribution in [2.45, 2.75) is 12.0 Å². The molecule has 1 fully saturated rings. The summed E-state index contributed by atoms with van der Waals surface area (Å²) in [6.45, 7) is 1.13. The van der Waals surface area contributed by atoms with E-state index in [4.69, 9.17) is 16.9 Å². The molecule has 1 aliphatic heterocycles. The third kappa shape index (κ3) is 2.00. The number of terminal acetylenes is 1. The first-order valence-corrected chi connectivity index (χ1v) is 4.16. The lowest BCUT2D eigenvalue weighted by atomic mass is 9.99. The van der Waals surface area contributed by atoms with Gasteiger partial charge in [-0.25, -0.2) is 0 Å². The SMILES string of the molecule is C#CCN(C)C(=O)C1(N)CCOC1. The molecule has 1 rings (SSSR count). The molecule has 0 aromatic rings. The summed E-state index contributed by atoms with van der Waals surface area (Å²) in [5.74, 6) is 2.26. The minimum Gasteiger partial charge on any atom is -0.379 e. The van der Waals surface area contributed by atoms with Gasteiger partial charge in [-0.2, -0.15) is 0 Å². The number of hydrogen-bond acceptors (Lipinski definition) is 3. The van der Waals surface area contributed by atoms with Crippen molar-refractivity contribution >= 4 is 5.91 Å². The molecular formula is C9H14N2O2. The van der Waals surface area contributed by atoms with Gasteiger partial charge in [0.15, 0.2) is 0 Å². The van der Waals surface area contributed by atoms with Crippen molar-refractivity contribution in [2.24, 2.45) is 5.73 Å². The molecule has 2 N–H and O–H groups in total. The second kappa shape index (κ2) is 3.77. The minimum absolute atomic E-state index is 0.136. The molecule has 0 aromatic carbocycles. The van der Waals surface area contributed by atoms with E-state index in [1.165, 1.54) is 4.90 Å². The van der Waals surface area contributed by atoms with E-state index >= 15 is 0 Å². The highest BCUT2D eigenvalue weighted by atomic mass is 16.5. The molecule has 1 amide bonds. The summed E-state index contributed by atoms with van der Waals surface area (Å²) in [7, 11) is 1.65. The Labute approximate surface area is 78.0 Å². The number of rotatable bonds is 2. The van der Waals surface area contributed by atoms with E-state index < -0.39 is 5.54 Å². The van der Waals surface area contributed by atoms with Crippen LogP contribution in [0.5, 0.6) is 0 Å². The molecule has 0 aliphatic carbocycles. The van der Waals surface area contributed by atoms with Crippen LogP contribution >= 0.6 is 0 Å². The maximum Gasteiger partial charge on any atom is 0.245 e. The highest BCUT2D eigenvalue weighted by molar-refractivity contribution is 5.86. The predicted molar refractivity (Wildman–Crippen MR) is 48.8 cm³/mol. The Bertz CT molecular complexity index is 238. The highest BCUT2D eigenvalue weighted by Gasteiger charge is 2.39. The zero-order valence-corrected chi connectivity index (χ0v) is 7.75. The van der Waals surface area contributed by atoms with Gasteiger partial charge in [-0.15, -0.1) is 6.42 Å². The molecule has 4 nitrogen and oxygen atoms in total. The Kier molecular flexibility index (Phi) is 2.91. The van der Waals surface area contributed by atoms with Crippen LogP contribution in [0.15, 0.2) is 0 Å². The highest BCUT2D eigenvalue weighted by Crippen LogP contribution is 2.17. The molecule has 72 valence electrons. The summed E-state index contributed by atoms with van der Waals surface area (Å²) in [4.78, 5) is 13.1. The molecular weight excluding hydrogens is 168 g/mol. The van der Waals surface area contributed by atoms with Crippen LogP contribution in [0.4, 0.5) is 0 Å². The molecule has 1 unspecified atom stereocenters. The first-order valence-electron chi connectivity index (χ1n) is 4.16. The Hall–Kier alpha value is -1.05. The summed E-state index contributed by atoms with van der Waals surface area (Å²) in [5, 5.41) is 0. The fourth-order valence-electron chi connectivity index (χ4n) is 1.34. The van der Waals surface area contributed by atoms with Crippen molar-refractivity contribution in [2.75, 3.05) is 26.8 Å². The van der Waals surface area contributed by atoms with Crippen molar-refractivity contribution in [3.63, 3.8) is 0 Å². The fraction of sp³-hybridized carbons (Fsp3) is 0.667. The van der Waals surface area contributed by atoms with Crippen LogP contribution in [0.25, 0.3) is 0 Å². The van der Waals surface area contributed by atoms with Crippen LogP contribution in [0, 0.1) is 12.3 Å². The monoisotopic (exact) mass is 182 g/mol. The van der Waals surface area contributed by atoms with Gasteiger partial charge >= 0.3 is 0 Å². The number of ether oxygens (including phenoxy) is 1. The smallest absolute Gasteiger partial charge is 0.245 e. The topological polar surface area (TPSA) is 55.6 Å². The molecule has 1 saturated heterocycles. The number of nitrogens with two attached hydrogens (primary N) is 1. The van der Waals surface area contributed by atoms with E-state index in [0.717, 1.165) is 0 Å².